The lowest BCUT2D eigenvalue weighted by Crippen LogP contribution is -2.34. The summed E-state index contributed by atoms with van der Waals surface area (Å²) >= 11 is 0. The van der Waals surface area contributed by atoms with Crippen LogP contribution in [0.15, 0.2) is 0 Å². The Morgan fingerprint density at radius 2 is 1.31 bits per heavy atom. The normalized spacial score (nSPS) is 12.0. The fourth-order valence-corrected chi connectivity index (χ4v) is 2.52. The number of carbonyl (C=O) groups is 3. The highest BCUT2D eigenvalue weighted by molar-refractivity contribution is 5.85. The third-order valence-electron chi connectivity index (χ3n) is 4.03. The highest BCUT2D eigenvalue weighted by Crippen LogP contribution is 2.11. The number of hydrogen-bond donors (Lipinski definition) is 1. The van der Waals surface area contributed by atoms with Gasteiger partial charge in [-0.05, 0) is 26.7 Å². The van der Waals surface area contributed by atoms with Gasteiger partial charge in [0.15, 0.2) is 0 Å². The number of unbranched alkanes of at least 4 members (excludes halogenated alkanes) is 8. The van der Waals surface area contributed by atoms with Crippen LogP contribution in [-0.2, 0) is 23.9 Å². The molecule has 0 bridgehead atoms. The molecule has 0 aliphatic rings. The van der Waals surface area contributed by atoms with Crippen LogP contribution in [0, 0.1) is 0 Å². The summed E-state index contributed by atoms with van der Waals surface area (Å²) in [6.07, 6.45) is 10.5. The molecule has 0 spiro atoms. The van der Waals surface area contributed by atoms with Crippen LogP contribution in [0.4, 0.5) is 0 Å². The van der Waals surface area contributed by atoms with Crippen LogP contribution < -0.4 is 5.73 Å². The summed E-state index contributed by atoms with van der Waals surface area (Å²) in [6.45, 7) is 5.66. The van der Waals surface area contributed by atoms with E-state index in [1.54, 1.807) is 13.8 Å². The molecule has 0 heterocycles. The summed E-state index contributed by atoms with van der Waals surface area (Å²) in [5.74, 6) is -1.69. The van der Waals surface area contributed by atoms with Gasteiger partial charge < -0.3 is 15.2 Å². The van der Waals surface area contributed by atoms with Gasteiger partial charge in [-0.1, -0.05) is 58.3 Å². The van der Waals surface area contributed by atoms with Gasteiger partial charge in [-0.25, -0.2) is 0 Å². The number of ether oxygens (including phenoxy) is 2. The number of hydrogen-bond acceptors (Lipinski definition) is 6. The summed E-state index contributed by atoms with van der Waals surface area (Å²) in [5, 5.41) is 0. The fourth-order valence-electron chi connectivity index (χ4n) is 2.52. The number of rotatable bonds is 15. The lowest BCUT2D eigenvalue weighted by molar-refractivity contribution is -0.159. The molecule has 0 fully saturated rings. The molecule has 1 atom stereocenters. The van der Waals surface area contributed by atoms with Crippen LogP contribution in [-0.4, -0.2) is 30.1 Å². The second kappa shape index (κ2) is 15.8. The summed E-state index contributed by atoms with van der Waals surface area (Å²) in [7, 11) is 0. The van der Waals surface area contributed by atoms with Crippen molar-refractivity contribution < 1.29 is 23.9 Å². The minimum Gasteiger partial charge on any atom is -0.462 e. The minimum atomic E-state index is -0.877. The number of esters is 3. The van der Waals surface area contributed by atoms with Gasteiger partial charge in [-0.3, -0.25) is 14.4 Å². The zero-order valence-electron chi connectivity index (χ0n) is 16.8. The minimum absolute atomic E-state index is 0.0716. The Kier molecular flexibility index (Phi) is 14.9. The Morgan fingerprint density at radius 1 is 0.808 bits per heavy atom. The van der Waals surface area contributed by atoms with Crippen molar-refractivity contribution in [1.29, 1.82) is 0 Å². The zero-order valence-corrected chi connectivity index (χ0v) is 16.8. The lowest BCUT2D eigenvalue weighted by atomic mass is 10.1. The van der Waals surface area contributed by atoms with Crippen molar-refractivity contribution in [3.63, 3.8) is 0 Å². The van der Waals surface area contributed by atoms with Gasteiger partial charge in [0.2, 0.25) is 0 Å². The molecule has 0 aromatic carbocycles. The first-order valence-electron chi connectivity index (χ1n) is 10.1. The lowest BCUT2D eigenvalue weighted by Gasteiger charge is -2.13. The third kappa shape index (κ3) is 14.9. The molecule has 0 saturated carbocycles. The van der Waals surface area contributed by atoms with Crippen LogP contribution in [0.5, 0.6) is 0 Å². The van der Waals surface area contributed by atoms with E-state index in [1.165, 1.54) is 38.5 Å². The highest BCUT2D eigenvalue weighted by Gasteiger charge is 2.19. The standard InChI is InChI=1S/C20H37NO5/c1-4-5-6-7-8-9-10-11-12-13-18(22)26-19(23)15-14-17(21)20(24)25-16(2)3/h16-17H,4-15,21H2,1-3H3/t17-/m0/s1. The Labute approximate surface area is 158 Å². The molecule has 0 rings (SSSR count). The number of nitrogens with two attached hydrogens (primary N) is 1. The fraction of sp³-hybridized carbons (Fsp3) is 0.850. The number of carbonyl (C=O) groups excluding carboxylic acids is 3. The molecule has 0 aromatic heterocycles. The summed E-state index contributed by atoms with van der Waals surface area (Å²) < 4.78 is 9.70. The second-order valence-electron chi connectivity index (χ2n) is 7.06. The molecule has 2 N–H and O–H groups in total. The van der Waals surface area contributed by atoms with Crippen LogP contribution in [0.1, 0.15) is 97.8 Å². The van der Waals surface area contributed by atoms with E-state index in [0.717, 1.165) is 19.3 Å². The molecule has 0 unspecified atom stereocenters. The second-order valence-corrected chi connectivity index (χ2v) is 7.06. The van der Waals surface area contributed by atoms with E-state index >= 15 is 0 Å². The quantitative estimate of drug-likeness (QED) is 0.265. The smallest absolute Gasteiger partial charge is 0.323 e. The van der Waals surface area contributed by atoms with E-state index in [0.29, 0.717) is 0 Å². The van der Waals surface area contributed by atoms with Crippen molar-refractivity contribution in [2.24, 2.45) is 5.73 Å². The maximum Gasteiger partial charge on any atom is 0.323 e. The molecule has 0 radical (unpaired) electrons. The average Bonchev–Trinajstić information content (AvgIpc) is 2.57. The van der Waals surface area contributed by atoms with E-state index in [-0.39, 0.29) is 25.4 Å². The predicted molar refractivity (Wildman–Crippen MR) is 101 cm³/mol. The van der Waals surface area contributed by atoms with Gasteiger partial charge in [0.25, 0.3) is 0 Å². The first kappa shape index (κ1) is 24.6. The average molecular weight is 372 g/mol. The van der Waals surface area contributed by atoms with Crippen LogP contribution in [0.25, 0.3) is 0 Å². The Balaban J connectivity index is 3.64. The van der Waals surface area contributed by atoms with Crippen molar-refractivity contribution in [1.82, 2.24) is 0 Å². The molecule has 6 nitrogen and oxygen atoms in total. The predicted octanol–water partition coefficient (Wildman–Crippen LogP) is 4.04. The Bertz CT molecular complexity index is 409. The SMILES string of the molecule is CCCCCCCCCCCC(=O)OC(=O)CC[C@H](N)C(=O)OC(C)C. The van der Waals surface area contributed by atoms with Crippen molar-refractivity contribution in [3.8, 4) is 0 Å². The molecule has 0 aliphatic carbocycles. The monoisotopic (exact) mass is 371 g/mol. The first-order valence-corrected chi connectivity index (χ1v) is 10.1. The highest BCUT2D eigenvalue weighted by atomic mass is 16.6. The maximum atomic E-state index is 11.6. The van der Waals surface area contributed by atoms with E-state index in [4.69, 9.17) is 15.2 Å². The van der Waals surface area contributed by atoms with E-state index in [2.05, 4.69) is 6.92 Å². The molecule has 152 valence electrons. The van der Waals surface area contributed by atoms with E-state index < -0.39 is 23.9 Å². The maximum absolute atomic E-state index is 11.6. The van der Waals surface area contributed by atoms with Crippen LogP contribution in [0.2, 0.25) is 0 Å². The molecular formula is C20H37NO5. The molecule has 0 aromatic rings. The zero-order chi connectivity index (χ0) is 19.8. The Hall–Kier alpha value is -1.43. The molecule has 0 aliphatic heterocycles. The van der Waals surface area contributed by atoms with Gasteiger partial charge in [-0.2, -0.15) is 0 Å². The topological polar surface area (TPSA) is 95.7 Å². The molecule has 0 saturated heterocycles. The summed E-state index contributed by atoms with van der Waals surface area (Å²) in [6, 6.07) is -0.877. The van der Waals surface area contributed by atoms with Gasteiger partial charge in [0.05, 0.1) is 6.10 Å². The van der Waals surface area contributed by atoms with Crippen LogP contribution in [0.3, 0.4) is 0 Å². The van der Waals surface area contributed by atoms with E-state index in [1.807, 2.05) is 0 Å². The summed E-state index contributed by atoms with van der Waals surface area (Å²) in [5.41, 5.74) is 5.64. The molecular weight excluding hydrogens is 334 g/mol. The van der Waals surface area contributed by atoms with Crippen molar-refractivity contribution in [3.05, 3.63) is 0 Å². The Morgan fingerprint density at radius 3 is 1.85 bits per heavy atom. The van der Waals surface area contributed by atoms with E-state index in [9.17, 15) is 14.4 Å². The van der Waals surface area contributed by atoms with Gasteiger partial charge in [0, 0.05) is 12.8 Å². The first-order chi connectivity index (χ1) is 12.4. The van der Waals surface area contributed by atoms with Crippen molar-refractivity contribution >= 4 is 17.9 Å². The van der Waals surface area contributed by atoms with Gasteiger partial charge in [-0.15, -0.1) is 0 Å². The van der Waals surface area contributed by atoms with Gasteiger partial charge in [0.1, 0.15) is 6.04 Å². The molecule has 6 heteroatoms. The molecule has 0 amide bonds. The van der Waals surface area contributed by atoms with Gasteiger partial charge >= 0.3 is 17.9 Å². The van der Waals surface area contributed by atoms with Crippen molar-refractivity contribution in [2.75, 3.05) is 0 Å². The third-order valence-corrected chi connectivity index (χ3v) is 4.03. The molecule has 26 heavy (non-hydrogen) atoms. The summed E-state index contributed by atoms with van der Waals surface area (Å²) in [4.78, 5) is 34.8. The van der Waals surface area contributed by atoms with Crippen LogP contribution >= 0.6 is 0 Å². The van der Waals surface area contributed by atoms with Crippen molar-refractivity contribution in [2.45, 2.75) is 110 Å². The largest absolute Gasteiger partial charge is 0.462 e.